The van der Waals surface area contributed by atoms with E-state index in [2.05, 4.69) is 24.1 Å². The summed E-state index contributed by atoms with van der Waals surface area (Å²) < 4.78 is 5.65. The summed E-state index contributed by atoms with van der Waals surface area (Å²) in [5.74, 6) is 0.0235. The molecule has 1 aromatic carbocycles. The lowest BCUT2D eigenvalue weighted by Crippen LogP contribution is -2.36. The Morgan fingerprint density at radius 2 is 2.07 bits per heavy atom. The number of amides is 2. The van der Waals surface area contributed by atoms with Crippen LogP contribution in [0.3, 0.4) is 0 Å². The molecule has 0 saturated heterocycles. The fourth-order valence-corrected chi connectivity index (χ4v) is 3.84. The third-order valence-electron chi connectivity index (χ3n) is 5.29. The number of primary amides is 1. The van der Waals surface area contributed by atoms with E-state index in [9.17, 15) is 14.4 Å². The van der Waals surface area contributed by atoms with Crippen LogP contribution in [0.2, 0.25) is 0 Å². The van der Waals surface area contributed by atoms with Gasteiger partial charge in [-0.1, -0.05) is 19.9 Å². The molecule has 1 heterocycles. The van der Waals surface area contributed by atoms with Crippen molar-refractivity contribution in [1.82, 2.24) is 10.3 Å². The highest BCUT2D eigenvalue weighted by molar-refractivity contribution is 5.92. The van der Waals surface area contributed by atoms with Crippen LogP contribution in [-0.4, -0.2) is 23.4 Å². The highest BCUT2D eigenvalue weighted by Crippen LogP contribution is 2.28. The minimum absolute atomic E-state index is 0.0955. The fourth-order valence-electron chi connectivity index (χ4n) is 3.84. The van der Waals surface area contributed by atoms with E-state index < -0.39 is 11.5 Å². The summed E-state index contributed by atoms with van der Waals surface area (Å²) in [7, 11) is 0. The first kappa shape index (κ1) is 20.6. The van der Waals surface area contributed by atoms with Crippen LogP contribution in [-0.2, 0) is 11.2 Å². The third-order valence-corrected chi connectivity index (χ3v) is 5.29. The quantitative estimate of drug-likeness (QED) is 0.695. The van der Waals surface area contributed by atoms with Gasteiger partial charge in [0.2, 0.25) is 0 Å². The zero-order valence-corrected chi connectivity index (χ0v) is 17.0. The van der Waals surface area contributed by atoms with Crippen LogP contribution in [0, 0.1) is 6.92 Å². The molecular formula is C22H27N3O4. The number of fused-ring (bicyclic) bond motifs is 1. The Morgan fingerprint density at radius 3 is 2.72 bits per heavy atom. The lowest BCUT2D eigenvalue weighted by Gasteiger charge is -2.26. The van der Waals surface area contributed by atoms with Crippen molar-refractivity contribution < 1.29 is 14.3 Å². The smallest absolute Gasteiger partial charge is 0.261 e. The molecule has 4 N–H and O–H groups in total. The van der Waals surface area contributed by atoms with Crippen molar-refractivity contribution in [3.05, 3.63) is 62.6 Å². The van der Waals surface area contributed by atoms with Crippen LogP contribution in [0.4, 0.5) is 0 Å². The van der Waals surface area contributed by atoms with Crippen LogP contribution in [0.25, 0.3) is 0 Å². The second-order valence-corrected chi connectivity index (χ2v) is 7.78. The summed E-state index contributed by atoms with van der Waals surface area (Å²) in [6.07, 6.45) is 2.22. The second kappa shape index (κ2) is 8.51. The van der Waals surface area contributed by atoms with E-state index in [4.69, 9.17) is 10.5 Å². The van der Waals surface area contributed by atoms with Gasteiger partial charge in [-0.05, 0) is 67.0 Å². The summed E-state index contributed by atoms with van der Waals surface area (Å²) in [6.45, 7) is 6.18. The summed E-state index contributed by atoms with van der Waals surface area (Å²) in [5.41, 5.74) is 8.53. The molecule has 0 saturated carbocycles. The number of pyridine rings is 1. The number of carbonyl (C=O) groups excluding carboxylic acids is 2. The van der Waals surface area contributed by atoms with Crippen molar-refractivity contribution in [3.8, 4) is 5.75 Å². The van der Waals surface area contributed by atoms with Crippen LogP contribution in [0.1, 0.15) is 71.4 Å². The molecule has 1 aliphatic carbocycles. The predicted octanol–water partition coefficient (Wildman–Crippen LogP) is 2.48. The van der Waals surface area contributed by atoms with E-state index in [-0.39, 0.29) is 24.1 Å². The lowest BCUT2D eigenvalue weighted by atomic mass is 9.90. The molecule has 7 heteroatoms. The Balaban J connectivity index is 1.68. The molecule has 154 valence electrons. The molecule has 0 bridgehead atoms. The molecule has 0 radical (unpaired) electrons. The molecule has 1 atom stereocenters. The van der Waals surface area contributed by atoms with Crippen molar-refractivity contribution >= 4 is 11.8 Å². The first-order valence-corrected chi connectivity index (χ1v) is 9.85. The highest BCUT2D eigenvalue weighted by Gasteiger charge is 2.25. The van der Waals surface area contributed by atoms with Gasteiger partial charge in [0, 0.05) is 5.69 Å². The molecule has 2 amide bonds. The Labute approximate surface area is 169 Å². The maximum atomic E-state index is 12.4. The van der Waals surface area contributed by atoms with Crippen LogP contribution < -0.4 is 21.3 Å². The molecule has 1 unspecified atom stereocenters. The predicted molar refractivity (Wildman–Crippen MR) is 110 cm³/mol. The van der Waals surface area contributed by atoms with Gasteiger partial charge in [-0.3, -0.25) is 14.4 Å². The normalized spacial score (nSPS) is 15.7. The standard InChI is InChI=1S/C22H27N3O4/c1-12(2)15-8-7-14(9-13(15)3)29-11-20(26)24-18-5-4-6-19-16(18)10-17(21(23)27)22(28)25-19/h7-10,12,18H,4-6,11H2,1-3H3,(H2,23,27)(H,24,26)(H,25,28). The van der Waals surface area contributed by atoms with E-state index in [1.54, 1.807) is 0 Å². The number of H-pyrrole nitrogens is 1. The number of aryl methyl sites for hydroxylation is 2. The van der Waals surface area contributed by atoms with Crippen LogP contribution >= 0.6 is 0 Å². The van der Waals surface area contributed by atoms with Gasteiger partial charge in [-0.25, -0.2) is 0 Å². The van der Waals surface area contributed by atoms with Gasteiger partial charge in [0.1, 0.15) is 11.3 Å². The average molecular weight is 397 g/mol. The number of hydrogen-bond donors (Lipinski definition) is 3. The summed E-state index contributed by atoms with van der Waals surface area (Å²) in [5, 5.41) is 2.94. The van der Waals surface area contributed by atoms with Crippen molar-refractivity contribution in [1.29, 1.82) is 0 Å². The molecule has 1 aromatic heterocycles. The molecule has 0 aliphatic heterocycles. The van der Waals surface area contributed by atoms with E-state index in [0.29, 0.717) is 24.5 Å². The number of aromatic amines is 1. The Bertz CT molecular complexity index is 994. The van der Waals surface area contributed by atoms with Gasteiger partial charge in [0.05, 0.1) is 6.04 Å². The first-order valence-electron chi connectivity index (χ1n) is 9.85. The Kier molecular flexibility index (Phi) is 6.06. The SMILES string of the molecule is Cc1cc(OCC(=O)NC2CCCc3[nH]c(=O)c(C(N)=O)cc32)ccc1C(C)C. The minimum atomic E-state index is -0.784. The first-order chi connectivity index (χ1) is 13.8. The third kappa shape index (κ3) is 4.67. The number of carbonyl (C=O) groups is 2. The lowest BCUT2D eigenvalue weighted by molar-refractivity contribution is -0.124. The van der Waals surface area contributed by atoms with Gasteiger partial charge in [-0.2, -0.15) is 0 Å². The number of rotatable bonds is 6. The van der Waals surface area contributed by atoms with Crippen molar-refractivity contribution in [2.24, 2.45) is 5.73 Å². The van der Waals surface area contributed by atoms with E-state index in [0.717, 1.165) is 23.2 Å². The zero-order chi connectivity index (χ0) is 21.1. The molecule has 7 nitrogen and oxygen atoms in total. The molecule has 0 fully saturated rings. The van der Waals surface area contributed by atoms with E-state index >= 15 is 0 Å². The maximum Gasteiger partial charge on any atom is 0.261 e. The minimum Gasteiger partial charge on any atom is -0.484 e. The fraction of sp³-hybridized carbons (Fsp3) is 0.409. The molecule has 2 aromatic rings. The van der Waals surface area contributed by atoms with Gasteiger partial charge < -0.3 is 20.8 Å². The van der Waals surface area contributed by atoms with Crippen molar-refractivity contribution in [2.45, 2.75) is 52.0 Å². The number of benzene rings is 1. The maximum absolute atomic E-state index is 12.4. The largest absolute Gasteiger partial charge is 0.484 e. The Morgan fingerprint density at radius 1 is 1.31 bits per heavy atom. The summed E-state index contributed by atoms with van der Waals surface area (Å²) in [4.78, 5) is 38.6. The van der Waals surface area contributed by atoms with E-state index in [1.807, 2.05) is 25.1 Å². The number of ether oxygens (including phenoxy) is 1. The zero-order valence-electron chi connectivity index (χ0n) is 17.0. The van der Waals surface area contributed by atoms with Gasteiger partial charge in [0.25, 0.3) is 17.4 Å². The van der Waals surface area contributed by atoms with Crippen LogP contribution in [0.15, 0.2) is 29.1 Å². The second-order valence-electron chi connectivity index (χ2n) is 7.78. The number of nitrogens with one attached hydrogen (secondary N) is 2. The molecule has 29 heavy (non-hydrogen) atoms. The van der Waals surface area contributed by atoms with Crippen molar-refractivity contribution in [3.63, 3.8) is 0 Å². The van der Waals surface area contributed by atoms with Crippen molar-refractivity contribution in [2.75, 3.05) is 6.61 Å². The molecular weight excluding hydrogens is 370 g/mol. The van der Waals surface area contributed by atoms with Crippen LogP contribution in [0.5, 0.6) is 5.75 Å². The Hall–Kier alpha value is -3.09. The number of nitrogens with two attached hydrogens (primary N) is 1. The average Bonchev–Trinajstić information content (AvgIpc) is 2.65. The molecule has 3 rings (SSSR count). The molecule has 1 aliphatic rings. The topological polar surface area (TPSA) is 114 Å². The van der Waals surface area contributed by atoms with E-state index in [1.165, 1.54) is 11.6 Å². The van der Waals surface area contributed by atoms with Gasteiger partial charge in [-0.15, -0.1) is 0 Å². The highest BCUT2D eigenvalue weighted by atomic mass is 16.5. The van der Waals surface area contributed by atoms with Gasteiger partial charge in [0.15, 0.2) is 6.61 Å². The summed E-state index contributed by atoms with van der Waals surface area (Å²) >= 11 is 0. The monoisotopic (exact) mass is 397 g/mol. The summed E-state index contributed by atoms with van der Waals surface area (Å²) in [6, 6.07) is 7.02. The number of hydrogen-bond acceptors (Lipinski definition) is 4. The molecule has 0 spiro atoms. The number of aromatic nitrogens is 1. The van der Waals surface area contributed by atoms with Gasteiger partial charge >= 0.3 is 0 Å².